The molecule has 0 aliphatic carbocycles. The van der Waals surface area contributed by atoms with Crippen LogP contribution in [-0.4, -0.2) is 38.9 Å². The van der Waals surface area contributed by atoms with E-state index in [4.69, 9.17) is 14.2 Å². The fourth-order valence-corrected chi connectivity index (χ4v) is 3.43. The number of benzene rings is 2. The Bertz CT molecular complexity index is 827. The number of nitrogens with one attached hydrogen (secondary N) is 3. The molecule has 1 saturated heterocycles. The molecule has 0 bridgehead atoms. The molecular formula is C21H27N3O4. The first kappa shape index (κ1) is 20.0. The summed E-state index contributed by atoms with van der Waals surface area (Å²) >= 11 is 0. The van der Waals surface area contributed by atoms with E-state index in [0.717, 1.165) is 11.1 Å². The molecule has 1 heterocycles. The quantitative estimate of drug-likeness (QED) is 0.677. The van der Waals surface area contributed by atoms with Crippen LogP contribution in [0, 0.1) is 6.92 Å². The summed E-state index contributed by atoms with van der Waals surface area (Å²) in [5.41, 5.74) is 8.38. The molecule has 3 unspecified atom stereocenters. The normalized spacial score (nSPS) is 21.2. The van der Waals surface area contributed by atoms with Crippen LogP contribution in [0.25, 0.3) is 0 Å². The van der Waals surface area contributed by atoms with Crippen molar-refractivity contribution in [3.8, 4) is 17.2 Å². The highest BCUT2D eigenvalue weighted by molar-refractivity contribution is 5.78. The minimum Gasteiger partial charge on any atom is -0.493 e. The number of aryl methyl sites for hydroxylation is 1. The fraction of sp³-hybridized carbons (Fsp3) is 0.381. The molecule has 0 radical (unpaired) electrons. The summed E-state index contributed by atoms with van der Waals surface area (Å²) in [6.45, 7) is 3.96. The van der Waals surface area contributed by atoms with Crippen molar-refractivity contribution in [1.82, 2.24) is 16.2 Å². The summed E-state index contributed by atoms with van der Waals surface area (Å²) in [6.07, 6.45) is -0.277. The number of rotatable bonds is 7. The predicted octanol–water partition coefficient (Wildman–Crippen LogP) is 2.11. The van der Waals surface area contributed by atoms with E-state index in [1.54, 1.807) is 14.2 Å². The molecule has 1 amide bonds. The third kappa shape index (κ3) is 4.37. The van der Waals surface area contributed by atoms with Crippen LogP contribution in [-0.2, 0) is 4.79 Å². The van der Waals surface area contributed by atoms with Crippen LogP contribution < -0.4 is 30.4 Å². The first-order chi connectivity index (χ1) is 13.5. The lowest BCUT2D eigenvalue weighted by molar-refractivity contribution is -0.124. The van der Waals surface area contributed by atoms with Crippen LogP contribution in [0.2, 0.25) is 0 Å². The summed E-state index contributed by atoms with van der Waals surface area (Å²) in [5.74, 6) is 1.86. The molecule has 7 heteroatoms. The van der Waals surface area contributed by atoms with E-state index in [0.29, 0.717) is 17.2 Å². The number of carbonyl (C=O) groups excluding carboxylic acids is 1. The largest absolute Gasteiger partial charge is 0.493 e. The molecule has 1 aliphatic heterocycles. The Labute approximate surface area is 165 Å². The zero-order chi connectivity index (χ0) is 20.1. The molecule has 7 nitrogen and oxygen atoms in total. The highest BCUT2D eigenvalue weighted by Crippen LogP contribution is 2.34. The first-order valence-corrected chi connectivity index (χ1v) is 9.24. The average molecular weight is 385 g/mol. The molecule has 3 N–H and O–H groups in total. The second kappa shape index (κ2) is 8.95. The Balaban J connectivity index is 1.67. The van der Waals surface area contributed by atoms with Crippen molar-refractivity contribution in [2.45, 2.75) is 32.0 Å². The number of hydrazine groups is 1. The Hall–Kier alpha value is -2.77. The molecule has 2 aromatic carbocycles. The summed E-state index contributed by atoms with van der Waals surface area (Å²) in [6, 6.07) is 13.5. The maximum absolute atomic E-state index is 12.4. The number of hydrogen-bond acceptors (Lipinski definition) is 6. The fourth-order valence-electron chi connectivity index (χ4n) is 3.43. The number of methoxy groups -OCH3 is 2. The van der Waals surface area contributed by atoms with E-state index in [9.17, 15) is 4.79 Å². The van der Waals surface area contributed by atoms with Crippen molar-refractivity contribution >= 4 is 5.91 Å². The zero-order valence-electron chi connectivity index (χ0n) is 16.6. The second-order valence-electron chi connectivity index (χ2n) is 6.82. The van der Waals surface area contributed by atoms with Gasteiger partial charge in [-0.2, -0.15) is 0 Å². The predicted molar refractivity (Wildman–Crippen MR) is 107 cm³/mol. The smallest absolute Gasteiger partial charge is 0.259 e. The molecule has 0 saturated carbocycles. The maximum Gasteiger partial charge on any atom is 0.259 e. The van der Waals surface area contributed by atoms with Crippen LogP contribution in [0.3, 0.4) is 0 Å². The molecule has 3 rings (SSSR count). The van der Waals surface area contributed by atoms with E-state index in [-0.39, 0.29) is 30.6 Å². The van der Waals surface area contributed by atoms with Crippen LogP contribution in [0.5, 0.6) is 17.2 Å². The van der Waals surface area contributed by atoms with Crippen molar-refractivity contribution < 1.29 is 19.0 Å². The van der Waals surface area contributed by atoms with Gasteiger partial charge >= 0.3 is 0 Å². The number of para-hydroxylation sites is 1. The van der Waals surface area contributed by atoms with Gasteiger partial charge in [0.15, 0.2) is 18.1 Å². The molecule has 1 aliphatic rings. The van der Waals surface area contributed by atoms with Crippen molar-refractivity contribution in [2.24, 2.45) is 0 Å². The van der Waals surface area contributed by atoms with Gasteiger partial charge in [-0.1, -0.05) is 24.3 Å². The molecule has 28 heavy (non-hydrogen) atoms. The van der Waals surface area contributed by atoms with Gasteiger partial charge in [-0.15, -0.1) is 0 Å². The Kier molecular flexibility index (Phi) is 6.38. The highest BCUT2D eigenvalue weighted by Gasteiger charge is 2.35. The lowest BCUT2D eigenvalue weighted by atomic mass is 9.91. The van der Waals surface area contributed by atoms with Gasteiger partial charge in [0.05, 0.1) is 14.2 Å². The van der Waals surface area contributed by atoms with Gasteiger partial charge < -0.3 is 19.5 Å². The van der Waals surface area contributed by atoms with Crippen LogP contribution >= 0.6 is 0 Å². The third-order valence-electron chi connectivity index (χ3n) is 4.93. The van der Waals surface area contributed by atoms with Crippen molar-refractivity contribution in [3.05, 3.63) is 53.6 Å². The maximum atomic E-state index is 12.4. The zero-order valence-corrected chi connectivity index (χ0v) is 16.6. The third-order valence-corrected chi connectivity index (χ3v) is 4.93. The number of carbonyl (C=O) groups is 1. The van der Waals surface area contributed by atoms with E-state index in [1.165, 1.54) is 0 Å². The van der Waals surface area contributed by atoms with Crippen molar-refractivity contribution in [2.75, 3.05) is 20.8 Å². The Morgan fingerprint density at radius 3 is 2.50 bits per heavy atom. The Morgan fingerprint density at radius 1 is 1.04 bits per heavy atom. The van der Waals surface area contributed by atoms with Crippen LogP contribution in [0.1, 0.15) is 24.0 Å². The monoisotopic (exact) mass is 385 g/mol. The topological polar surface area (TPSA) is 80.9 Å². The van der Waals surface area contributed by atoms with E-state index < -0.39 is 0 Å². The number of hydrogen-bond donors (Lipinski definition) is 3. The van der Waals surface area contributed by atoms with Crippen LogP contribution in [0.4, 0.5) is 0 Å². The second-order valence-corrected chi connectivity index (χ2v) is 6.82. The summed E-state index contributed by atoms with van der Waals surface area (Å²) < 4.78 is 16.4. The van der Waals surface area contributed by atoms with Gasteiger partial charge in [0.25, 0.3) is 5.91 Å². The molecule has 0 aromatic heterocycles. The number of amides is 1. The van der Waals surface area contributed by atoms with Gasteiger partial charge in [0.2, 0.25) is 0 Å². The molecule has 1 fully saturated rings. The van der Waals surface area contributed by atoms with Gasteiger partial charge in [0, 0.05) is 12.0 Å². The van der Waals surface area contributed by atoms with Gasteiger partial charge in [-0.3, -0.25) is 10.2 Å². The molecule has 3 atom stereocenters. The number of ether oxygens (including phenoxy) is 3. The summed E-state index contributed by atoms with van der Waals surface area (Å²) in [5, 5.41) is 3.00. The standard InChI is InChI=1S/C21H27N3O4/c1-13-7-5-6-8-16(13)28-12-19(25)22-21-20(14(2)23-24-21)15-9-10-17(26-3)18(11-15)27-4/h5-11,14,20-21,23-24H,12H2,1-4H3,(H,22,25). The minimum atomic E-state index is -0.277. The van der Waals surface area contributed by atoms with E-state index in [1.807, 2.05) is 49.4 Å². The Morgan fingerprint density at radius 2 is 1.79 bits per heavy atom. The molecule has 0 spiro atoms. The lowest BCUT2D eigenvalue weighted by Gasteiger charge is -2.23. The first-order valence-electron chi connectivity index (χ1n) is 9.24. The molecule has 150 valence electrons. The molecule has 2 aromatic rings. The van der Waals surface area contributed by atoms with Crippen molar-refractivity contribution in [1.29, 1.82) is 0 Å². The van der Waals surface area contributed by atoms with Crippen molar-refractivity contribution in [3.63, 3.8) is 0 Å². The van der Waals surface area contributed by atoms with Crippen LogP contribution in [0.15, 0.2) is 42.5 Å². The lowest BCUT2D eigenvalue weighted by Crippen LogP contribution is -2.47. The van der Waals surface area contributed by atoms with Gasteiger partial charge in [0.1, 0.15) is 11.9 Å². The van der Waals surface area contributed by atoms with Gasteiger partial charge in [-0.25, -0.2) is 5.43 Å². The van der Waals surface area contributed by atoms with Gasteiger partial charge in [-0.05, 0) is 43.2 Å². The SMILES string of the molecule is COc1ccc(C2C(C)NNC2NC(=O)COc2ccccc2C)cc1OC. The summed E-state index contributed by atoms with van der Waals surface area (Å²) in [7, 11) is 3.22. The molecular weight excluding hydrogens is 358 g/mol. The average Bonchev–Trinajstić information content (AvgIpc) is 3.06. The van der Waals surface area contributed by atoms with E-state index >= 15 is 0 Å². The highest BCUT2D eigenvalue weighted by atomic mass is 16.5. The summed E-state index contributed by atoms with van der Waals surface area (Å²) in [4.78, 5) is 12.4. The van der Waals surface area contributed by atoms with E-state index in [2.05, 4.69) is 23.1 Å². The minimum absolute atomic E-state index is 0.0159.